The Hall–Kier alpha value is -9.30. The molecular formula is C76H78N6O14P4. The first-order valence-electron chi connectivity index (χ1n) is 33.8. The highest BCUT2D eigenvalue weighted by molar-refractivity contribution is 7.69. The molecule has 10 aromatic rings. The third kappa shape index (κ3) is 12.3. The summed E-state index contributed by atoms with van der Waals surface area (Å²) in [6, 6.07) is 58.8. The van der Waals surface area contributed by atoms with E-state index < -0.39 is 80.6 Å². The van der Waals surface area contributed by atoms with E-state index >= 15 is 0 Å². The third-order valence-electron chi connectivity index (χ3n) is 19.7. The van der Waals surface area contributed by atoms with Crippen molar-refractivity contribution in [3.8, 4) is 67.5 Å². The van der Waals surface area contributed by atoms with Gasteiger partial charge in [-0.1, -0.05) is 207 Å². The molecule has 0 bridgehead atoms. The van der Waals surface area contributed by atoms with Crippen molar-refractivity contribution in [2.45, 2.75) is 124 Å². The standard InChI is InChI=1S/2C38H39N3O7P2/c1-5-25(2)22-39-36(42)40(23-26(3)49(45)34-20-12-8-16-30(34)28-14-6-10-18-32(28)47-49)38(44)41(37(39)43)24-27(4)50(46)35-21-13-9-17-31(35)29-15-7-11-19-33(29)48-50;1-4-26(2)24-40-36(42)39(22-13-23-49(45)34-20-11-7-16-30(34)28-14-5-9-18-32(28)47-49)37(43)41(38(40)44)25-27(3)50(46)35-21-12-8-17-31(35)29-15-6-10-19-33(29)48-50/h6-21,25-27H,5,22-24H2,1-4H3;5-12,14-21,26-27H,4,13,22-25H2,1-3H3. The lowest BCUT2D eigenvalue weighted by molar-refractivity contribution is 0.380. The zero-order valence-corrected chi connectivity index (χ0v) is 60.2. The lowest BCUT2D eigenvalue weighted by Crippen LogP contribution is -2.56. The van der Waals surface area contributed by atoms with Crippen LogP contribution in [0.3, 0.4) is 0 Å². The maximum Gasteiger partial charge on any atom is 0.336 e. The fourth-order valence-corrected chi connectivity index (χ4v) is 23.3. The quantitative estimate of drug-likeness (QED) is 0.0685. The molecule has 2 aromatic heterocycles. The minimum absolute atomic E-state index is 0.0244. The van der Waals surface area contributed by atoms with Crippen molar-refractivity contribution in [3.63, 3.8) is 0 Å². The molecule has 4 aliphatic heterocycles. The molecule has 0 saturated carbocycles. The highest BCUT2D eigenvalue weighted by atomic mass is 31.2. The van der Waals surface area contributed by atoms with Gasteiger partial charge in [-0.05, 0) is 89.0 Å². The van der Waals surface area contributed by atoms with Crippen LogP contribution in [0, 0.1) is 11.8 Å². The van der Waals surface area contributed by atoms with E-state index in [1.165, 1.54) is 0 Å². The fourth-order valence-electron chi connectivity index (χ4n) is 13.7. The van der Waals surface area contributed by atoms with Gasteiger partial charge >= 0.3 is 34.1 Å². The predicted octanol–water partition coefficient (Wildman–Crippen LogP) is 12.6. The second-order valence-corrected chi connectivity index (χ2v) is 37.1. The average molecular weight is 1420 g/mol. The number of aromatic nitrogens is 6. The Morgan fingerprint density at radius 3 is 0.850 bits per heavy atom. The van der Waals surface area contributed by atoms with Crippen molar-refractivity contribution in [2.75, 3.05) is 6.16 Å². The van der Waals surface area contributed by atoms with Crippen LogP contribution >= 0.6 is 29.5 Å². The summed E-state index contributed by atoms with van der Waals surface area (Å²) in [5, 5.41) is 2.13. The largest absolute Gasteiger partial charge is 0.439 e. The lowest BCUT2D eigenvalue weighted by atomic mass is 10.0. The summed E-state index contributed by atoms with van der Waals surface area (Å²) in [6.45, 7) is 12.2. The smallest absolute Gasteiger partial charge is 0.336 e. The molecule has 8 aromatic carbocycles. The molecule has 24 heteroatoms. The van der Waals surface area contributed by atoms with E-state index in [2.05, 4.69) is 0 Å². The summed E-state index contributed by atoms with van der Waals surface area (Å²) >= 11 is 0. The van der Waals surface area contributed by atoms with E-state index in [9.17, 15) is 47.0 Å². The molecule has 0 N–H and O–H groups in total. The molecule has 0 saturated heterocycles. The number of para-hydroxylation sites is 4. The lowest BCUT2D eigenvalue weighted by Gasteiger charge is -2.33. The second kappa shape index (κ2) is 27.7. The zero-order chi connectivity index (χ0) is 70.6. The van der Waals surface area contributed by atoms with Gasteiger partial charge in [0.05, 0.1) is 38.2 Å². The van der Waals surface area contributed by atoms with E-state index in [-0.39, 0.29) is 63.7 Å². The van der Waals surface area contributed by atoms with Gasteiger partial charge in [-0.3, -0.25) is 18.3 Å². The minimum atomic E-state index is -3.70. The van der Waals surface area contributed by atoms with Gasteiger partial charge in [-0.2, -0.15) is 0 Å². The first-order chi connectivity index (χ1) is 48.0. The number of rotatable bonds is 19. The maximum atomic E-state index is 14.9. The van der Waals surface area contributed by atoms with E-state index in [1.54, 1.807) is 106 Å². The maximum absolute atomic E-state index is 14.9. The van der Waals surface area contributed by atoms with E-state index in [1.807, 2.05) is 137 Å². The number of hydrogen-bond donors (Lipinski definition) is 0. The first kappa shape index (κ1) is 69.2. The number of nitrogens with zero attached hydrogens (tertiary/aromatic N) is 6. The van der Waals surface area contributed by atoms with Crippen LogP contribution in [0.4, 0.5) is 0 Å². The van der Waals surface area contributed by atoms with Crippen LogP contribution in [0.15, 0.2) is 223 Å². The van der Waals surface area contributed by atoms with E-state index in [4.69, 9.17) is 18.1 Å². The molecule has 0 amide bonds. The third-order valence-corrected chi connectivity index (χ3v) is 30.8. The number of fused-ring (bicyclic) bond motifs is 12. The van der Waals surface area contributed by atoms with Crippen molar-refractivity contribution in [1.82, 2.24) is 27.4 Å². The van der Waals surface area contributed by atoms with Gasteiger partial charge in [0.2, 0.25) is 0 Å². The van der Waals surface area contributed by atoms with Gasteiger partial charge in [-0.15, -0.1) is 0 Å². The Labute approximate surface area is 577 Å². The molecule has 0 spiro atoms. The number of benzene rings is 8. The predicted molar refractivity (Wildman–Crippen MR) is 394 cm³/mol. The fraction of sp³-hybridized carbons (Fsp3) is 0.289. The van der Waals surface area contributed by atoms with Gasteiger partial charge in [0, 0.05) is 67.7 Å². The molecule has 6 heterocycles. The van der Waals surface area contributed by atoms with Crippen LogP contribution in [0.25, 0.3) is 44.5 Å². The Bertz CT molecular complexity index is 5320. The minimum Gasteiger partial charge on any atom is -0.439 e. The molecule has 0 fully saturated rings. The zero-order valence-electron chi connectivity index (χ0n) is 56.6. The summed E-state index contributed by atoms with van der Waals surface area (Å²) in [5.41, 5.74) is -0.748. The Balaban J connectivity index is 0.000000179. The van der Waals surface area contributed by atoms with Crippen molar-refractivity contribution >= 4 is 50.7 Å². The van der Waals surface area contributed by atoms with E-state index in [0.29, 0.717) is 57.1 Å². The van der Waals surface area contributed by atoms with Crippen molar-refractivity contribution in [2.24, 2.45) is 11.8 Å². The molecule has 9 atom stereocenters. The van der Waals surface area contributed by atoms with Gasteiger partial charge in [0.1, 0.15) is 23.0 Å². The monoisotopic (exact) mass is 1420 g/mol. The van der Waals surface area contributed by atoms with Crippen LogP contribution in [0.5, 0.6) is 23.0 Å². The molecule has 100 heavy (non-hydrogen) atoms. The second-order valence-electron chi connectivity index (χ2n) is 26.4. The first-order valence-corrected chi connectivity index (χ1v) is 40.7. The summed E-state index contributed by atoms with van der Waals surface area (Å²) in [6.07, 6.45) is 1.65. The van der Waals surface area contributed by atoms with Crippen LogP contribution in [0.2, 0.25) is 0 Å². The van der Waals surface area contributed by atoms with Gasteiger partial charge in [0.15, 0.2) is 0 Å². The summed E-state index contributed by atoms with van der Waals surface area (Å²) in [4.78, 5) is 84.2. The Morgan fingerprint density at radius 2 is 0.540 bits per heavy atom. The molecular weight excluding hydrogens is 1340 g/mol. The molecule has 0 radical (unpaired) electrons. The van der Waals surface area contributed by atoms with Gasteiger partial charge in [-0.25, -0.2) is 56.2 Å². The van der Waals surface area contributed by atoms with Gasteiger partial charge in [0.25, 0.3) is 29.5 Å². The molecule has 9 unspecified atom stereocenters. The van der Waals surface area contributed by atoms with Crippen molar-refractivity contribution in [3.05, 3.63) is 257 Å². The van der Waals surface area contributed by atoms with Crippen LogP contribution < -0.4 is 73.5 Å². The van der Waals surface area contributed by atoms with Crippen molar-refractivity contribution < 1.29 is 36.4 Å². The molecule has 516 valence electrons. The normalized spacial score (nSPS) is 20.2. The van der Waals surface area contributed by atoms with Crippen molar-refractivity contribution in [1.29, 1.82) is 0 Å². The average Bonchev–Trinajstić information content (AvgIpc) is 0.790. The summed E-state index contributed by atoms with van der Waals surface area (Å²) in [5.74, 6) is 1.83. The number of hydrogen-bond acceptors (Lipinski definition) is 14. The van der Waals surface area contributed by atoms with Gasteiger partial charge < -0.3 is 18.1 Å². The summed E-state index contributed by atoms with van der Waals surface area (Å²) < 4.78 is 90.0. The summed E-state index contributed by atoms with van der Waals surface area (Å²) in [7, 11) is -14.5. The SMILES string of the molecule is CCC(C)Cn1c(=O)n(CC(C)P2(=O)Oc3ccccc3-c3ccccc32)c(=O)n(CC(C)P2(=O)Oc3ccccc3-c3ccccc32)c1=O.CCC(C)Cn1c(=O)n(CCCP2(=O)Oc3ccccc3-c3ccccc32)c(=O)n(CC(C)P2(=O)Oc3ccccc3-c3ccccc32)c1=O. The molecule has 4 aliphatic rings. The van der Waals surface area contributed by atoms with Crippen LogP contribution in [-0.2, 0) is 57.5 Å². The van der Waals surface area contributed by atoms with Crippen LogP contribution in [0.1, 0.15) is 67.7 Å². The Morgan fingerprint density at radius 1 is 0.300 bits per heavy atom. The molecule has 0 aliphatic carbocycles. The topological polar surface area (TPSA) is 237 Å². The Kier molecular flexibility index (Phi) is 19.1. The highest BCUT2D eigenvalue weighted by Gasteiger charge is 2.45. The van der Waals surface area contributed by atoms with Crippen LogP contribution in [-0.4, -0.2) is 50.5 Å². The highest BCUT2D eigenvalue weighted by Crippen LogP contribution is 2.61. The molecule has 20 nitrogen and oxygen atoms in total. The molecule has 14 rings (SSSR count). The van der Waals surface area contributed by atoms with E-state index in [0.717, 1.165) is 71.9 Å².